The highest BCUT2D eigenvalue weighted by Gasteiger charge is 2.21. The summed E-state index contributed by atoms with van der Waals surface area (Å²) in [6.45, 7) is 8.68. The second kappa shape index (κ2) is 5.40. The molecule has 0 amide bonds. The van der Waals surface area contributed by atoms with Gasteiger partial charge in [-0.05, 0) is 6.42 Å². The Morgan fingerprint density at radius 1 is 1.42 bits per heavy atom. The van der Waals surface area contributed by atoms with Gasteiger partial charge < -0.3 is 4.52 Å². The van der Waals surface area contributed by atoms with E-state index < -0.39 is 0 Å². The Morgan fingerprint density at radius 3 is 2.74 bits per heavy atom. The number of alkyl halides is 1. The lowest BCUT2D eigenvalue weighted by molar-refractivity contribution is 0.352. The largest absolute Gasteiger partial charge is 0.337 e. The van der Waals surface area contributed by atoms with E-state index in [0.29, 0.717) is 18.3 Å². The van der Waals surface area contributed by atoms with Crippen molar-refractivity contribution >= 4 is 15.9 Å². The molecule has 0 aliphatic carbocycles. The maximum Gasteiger partial charge on any atom is 0.248 e. The molecule has 0 aliphatic heterocycles. The molecular formula is C12H18BrN5O. The molecule has 0 radical (unpaired) electrons. The van der Waals surface area contributed by atoms with Crippen molar-refractivity contribution < 1.29 is 4.52 Å². The van der Waals surface area contributed by atoms with E-state index >= 15 is 0 Å². The normalized spacial score (nSPS) is 13.7. The van der Waals surface area contributed by atoms with Gasteiger partial charge in [-0.25, -0.2) is 4.68 Å². The summed E-state index contributed by atoms with van der Waals surface area (Å²) < 4.78 is 6.94. The average molecular weight is 328 g/mol. The third kappa shape index (κ3) is 3.40. The highest BCUT2D eigenvalue weighted by molar-refractivity contribution is 9.09. The highest BCUT2D eigenvalue weighted by Crippen LogP contribution is 2.23. The summed E-state index contributed by atoms with van der Waals surface area (Å²) in [5.74, 6) is 1.25. The first kappa shape index (κ1) is 14.2. The fourth-order valence-corrected chi connectivity index (χ4v) is 1.72. The van der Waals surface area contributed by atoms with E-state index in [4.69, 9.17) is 4.52 Å². The number of hydrogen-bond acceptors (Lipinski definition) is 5. The molecule has 0 N–H and O–H groups in total. The van der Waals surface area contributed by atoms with Gasteiger partial charge in [-0.15, -0.1) is 5.10 Å². The van der Waals surface area contributed by atoms with Crippen LogP contribution < -0.4 is 0 Å². The average Bonchev–Trinajstić information content (AvgIpc) is 2.97. The lowest BCUT2D eigenvalue weighted by Crippen LogP contribution is -2.13. The minimum absolute atomic E-state index is 0.113. The summed E-state index contributed by atoms with van der Waals surface area (Å²) in [4.78, 5) is 4.60. The van der Waals surface area contributed by atoms with Crippen molar-refractivity contribution in [2.75, 3.05) is 0 Å². The third-order valence-electron chi connectivity index (χ3n) is 2.67. The summed E-state index contributed by atoms with van der Waals surface area (Å²) >= 11 is 3.55. The van der Waals surface area contributed by atoms with Crippen molar-refractivity contribution in [2.24, 2.45) is 0 Å². The van der Waals surface area contributed by atoms with Crippen LogP contribution in [0.2, 0.25) is 0 Å². The van der Waals surface area contributed by atoms with Crippen molar-refractivity contribution in [1.29, 1.82) is 0 Å². The fraction of sp³-hybridized carbons (Fsp3) is 0.667. The number of aromatic nitrogens is 5. The van der Waals surface area contributed by atoms with Crippen LogP contribution in [0.4, 0.5) is 0 Å². The van der Waals surface area contributed by atoms with Crippen molar-refractivity contribution in [3.63, 3.8) is 0 Å². The summed E-state index contributed by atoms with van der Waals surface area (Å²) in [6, 6.07) is 0. The number of rotatable bonds is 4. The summed E-state index contributed by atoms with van der Waals surface area (Å²) in [6.07, 6.45) is 2.86. The van der Waals surface area contributed by atoms with Crippen LogP contribution in [0.5, 0.6) is 0 Å². The minimum Gasteiger partial charge on any atom is -0.337 e. The predicted molar refractivity (Wildman–Crippen MR) is 74.1 cm³/mol. The van der Waals surface area contributed by atoms with Gasteiger partial charge in [0.05, 0.1) is 16.7 Å². The molecule has 0 fully saturated rings. The standard InChI is InChI=1S/C12H18BrN5O/c1-5-8(13)9-6-18(17-15-9)7-10-14-11(16-19-10)12(2,3)4/h6,8H,5,7H2,1-4H3. The van der Waals surface area contributed by atoms with Crippen LogP contribution in [0.25, 0.3) is 0 Å². The molecule has 2 aromatic rings. The summed E-state index contributed by atoms with van der Waals surface area (Å²) in [5.41, 5.74) is 0.802. The predicted octanol–water partition coefficient (Wildman–Crippen LogP) is 2.85. The van der Waals surface area contributed by atoms with Gasteiger partial charge in [-0.2, -0.15) is 4.98 Å². The van der Waals surface area contributed by atoms with Gasteiger partial charge in [-0.3, -0.25) is 0 Å². The van der Waals surface area contributed by atoms with E-state index in [-0.39, 0.29) is 10.2 Å². The lowest BCUT2D eigenvalue weighted by atomic mass is 9.96. The SMILES string of the molecule is CCC(Br)c1cn(Cc2nc(C(C)(C)C)no2)nn1. The maximum atomic E-state index is 5.23. The zero-order chi connectivity index (χ0) is 14.0. The van der Waals surface area contributed by atoms with E-state index in [1.54, 1.807) is 4.68 Å². The molecule has 0 aromatic carbocycles. The molecule has 2 heterocycles. The second-order valence-electron chi connectivity index (χ2n) is 5.48. The van der Waals surface area contributed by atoms with E-state index in [1.807, 2.05) is 27.0 Å². The first-order valence-electron chi connectivity index (χ1n) is 6.27. The Morgan fingerprint density at radius 2 is 2.16 bits per heavy atom. The molecule has 0 bridgehead atoms. The molecular weight excluding hydrogens is 310 g/mol. The Hall–Kier alpha value is -1.24. The second-order valence-corrected chi connectivity index (χ2v) is 6.58. The molecule has 1 atom stereocenters. The number of nitrogens with zero attached hydrogens (tertiary/aromatic N) is 5. The quantitative estimate of drug-likeness (QED) is 0.807. The lowest BCUT2D eigenvalue weighted by Gasteiger charge is -2.10. The van der Waals surface area contributed by atoms with Gasteiger partial charge >= 0.3 is 0 Å². The van der Waals surface area contributed by atoms with Crippen molar-refractivity contribution in [3.05, 3.63) is 23.6 Å². The van der Waals surface area contributed by atoms with Crippen molar-refractivity contribution in [3.8, 4) is 0 Å². The molecule has 104 valence electrons. The van der Waals surface area contributed by atoms with Crippen molar-refractivity contribution in [1.82, 2.24) is 25.1 Å². The van der Waals surface area contributed by atoms with Crippen LogP contribution in [-0.2, 0) is 12.0 Å². The first-order chi connectivity index (χ1) is 8.90. The molecule has 2 rings (SSSR count). The fourth-order valence-electron chi connectivity index (χ4n) is 1.51. The van der Waals surface area contributed by atoms with E-state index in [9.17, 15) is 0 Å². The smallest absolute Gasteiger partial charge is 0.248 e. The van der Waals surface area contributed by atoms with Gasteiger partial charge in [0.15, 0.2) is 5.82 Å². The van der Waals surface area contributed by atoms with Gasteiger partial charge in [-0.1, -0.05) is 54.0 Å². The molecule has 1 unspecified atom stereocenters. The zero-order valence-corrected chi connectivity index (χ0v) is 13.2. The topological polar surface area (TPSA) is 69.6 Å². The Bertz CT molecular complexity index is 542. The van der Waals surface area contributed by atoms with Crippen LogP contribution in [-0.4, -0.2) is 25.1 Å². The minimum atomic E-state index is -0.113. The van der Waals surface area contributed by atoms with Gasteiger partial charge in [0, 0.05) is 5.41 Å². The van der Waals surface area contributed by atoms with E-state index in [1.165, 1.54) is 0 Å². The molecule has 0 saturated carbocycles. The first-order valence-corrected chi connectivity index (χ1v) is 7.19. The van der Waals surface area contributed by atoms with E-state index in [0.717, 1.165) is 12.1 Å². The molecule has 6 nitrogen and oxygen atoms in total. The molecule has 19 heavy (non-hydrogen) atoms. The van der Waals surface area contributed by atoms with Crippen LogP contribution >= 0.6 is 15.9 Å². The van der Waals surface area contributed by atoms with Crippen LogP contribution in [0.1, 0.15) is 56.4 Å². The molecule has 7 heteroatoms. The van der Waals surface area contributed by atoms with Crippen molar-refractivity contribution in [2.45, 2.75) is 50.9 Å². The Kier molecular flexibility index (Phi) is 4.03. The Balaban J connectivity index is 2.09. The third-order valence-corrected chi connectivity index (χ3v) is 3.79. The van der Waals surface area contributed by atoms with Gasteiger partial charge in [0.2, 0.25) is 5.89 Å². The Labute approximate surface area is 120 Å². The zero-order valence-electron chi connectivity index (χ0n) is 11.6. The maximum absolute atomic E-state index is 5.23. The van der Waals surface area contributed by atoms with Crippen LogP contribution in [0.3, 0.4) is 0 Å². The molecule has 0 aliphatic rings. The van der Waals surface area contributed by atoms with Crippen LogP contribution in [0, 0.1) is 0 Å². The monoisotopic (exact) mass is 327 g/mol. The molecule has 0 saturated heterocycles. The summed E-state index contributed by atoms with van der Waals surface area (Å²) in [5, 5.41) is 12.2. The molecule has 0 spiro atoms. The number of halogens is 1. The van der Waals surface area contributed by atoms with E-state index in [2.05, 4.69) is 43.3 Å². The van der Waals surface area contributed by atoms with Gasteiger partial charge in [0.25, 0.3) is 0 Å². The van der Waals surface area contributed by atoms with Crippen LogP contribution in [0.15, 0.2) is 10.7 Å². The molecule has 2 aromatic heterocycles. The number of hydrogen-bond donors (Lipinski definition) is 0. The summed E-state index contributed by atoms with van der Waals surface area (Å²) in [7, 11) is 0. The van der Waals surface area contributed by atoms with Gasteiger partial charge in [0.1, 0.15) is 6.54 Å². The highest BCUT2D eigenvalue weighted by atomic mass is 79.9.